The Morgan fingerprint density at radius 1 is 0.692 bits per heavy atom. The second-order valence-electron chi connectivity index (χ2n) is 8.35. The zero-order valence-electron chi connectivity index (χ0n) is 14.3. The summed E-state index contributed by atoms with van der Waals surface area (Å²) >= 11 is 15.0. The van der Waals surface area contributed by atoms with E-state index < -0.39 is 0 Å². The number of fused-ring (bicyclic) bond motifs is 5. The number of hydrogen-bond acceptors (Lipinski definition) is 0. The first-order valence-corrected chi connectivity index (χ1v) is 12.6. The molecular weight excluding hydrogens is 584 g/mol. The first kappa shape index (κ1) is 18.4. The van der Waals surface area contributed by atoms with Crippen LogP contribution in [0.2, 0.25) is 0 Å². The monoisotopic (exact) mass is 600 g/mol. The van der Waals surface area contributed by atoms with Gasteiger partial charge < -0.3 is 0 Å². The van der Waals surface area contributed by atoms with Gasteiger partial charge in [-0.25, -0.2) is 0 Å². The summed E-state index contributed by atoms with van der Waals surface area (Å²) in [6, 6.07) is 13.8. The lowest BCUT2D eigenvalue weighted by Gasteiger charge is -2.44. The van der Waals surface area contributed by atoms with Crippen molar-refractivity contribution in [1.82, 2.24) is 0 Å². The fourth-order valence-electron chi connectivity index (χ4n) is 6.60. The third-order valence-corrected chi connectivity index (χ3v) is 9.11. The maximum Gasteiger partial charge on any atom is 0.0238 e. The van der Waals surface area contributed by atoms with Crippen LogP contribution < -0.4 is 0 Å². The molecule has 3 saturated carbocycles. The molecule has 2 aromatic carbocycles. The molecule has 0 amide bonds. The van der Waals surface area contributed by atoms with Crippen molar-refractivity contribution in [3.05, 3.63) is 65.4 Å². The Hall–Kier alpha value is 0.360. The Kier molecular flexibility index (Phi) is 4.75. The van der Waals surface area contributed by atoms with Crippen LogP contribution in [0.4, 0.5) is 0 Å². The Morgan fingerprint density at radius 3 is 1.73 bits per heavy atom. The molecule has 0 nitrogen and oxygen atoms in total. The van der Waals surface area contributed by atoms with Crippen molar-refractivity contribution in [3.63, 3.8) is 0 Å². The molecule has 0 aromatic heterocycles. The minimum absolute atomic E-state index is 0.134. The second kappa shape index (κ2) is 6.71. The number of hydrogen-bond donors (Lipinski definition) is 0. The van der Waals surface area contributed by atoms with Gasteiger partial charge in [0, 0.05) is 23.3 Å². The molecule has 2 aromatic rings. The fourth-order valence-corrected chi connectivity index (χ4v) is 9.19. The highest BCUT2D eigenvalue weighted by Crippen LogP contribution is 2.68. The molecule has 3 aliphatic rings. The molecule has 4 atom stereocenters. The summed E-state index contributed by atoms with van der Waals surface area (Å²) in [5.74, 6) is 3.55. The first-order chi connectivity index (χ1) is 12.5. The maximum absolute atomic E-state index is 3.75. The Labute approximate surface area is 189 Å². The molecule has 4 unspecified atom stereocenters. The van der Waals surface area contributed by atoms with Gasteiger partial charge in [0.1, 0.15) is 0 Å². The SMILES string of the molecule is Brc1cc(Br)cc(C2(c3cc(Br)cc(Br)c3)CC3CC2C2CCCC32)c1. The lowest BCUT2D eigenvalue weighted by Crippen LogP contribution is -2.40. The van der Waals surface area contributed by atoms with Gasteiger partial charge in [-0.05, 0) is 96.9 Å². The van der Waals surface area contributed by atoms with Crippen molar-refractivity contribution in [2.45, 2.75) is 37.5 Å². The Bertz CT molecular complexity index is 782. The predicted molar refractivity (Wildman–Crippen MR) is 122 cm³/mol. The average molecular weight is 604 g/mol. The number of halogens is 4. The van der Waals surface area contributed by atoms with Crippen LogP contribution in [0.3, 0.4) is 0 Å². The molecule has 136 valence electrons. The van der Waals surface area contributed by atoms with Gasteiger partial charge in [-0.15, -0.1) is 0 Å². The molecule has 0 radical (unpaired) electrons. The van der Waals surface area contributed by atoms with Crippen LogP contribution in [0.25, 0.3) is 0 Å². The van der Waals surface area contributed by atoms with Crippen LogP contribution in [0.15, 0.2) is 54.3 Å². The first-order valence-electron chi connectivity index (χ1n) is 9.40. The zero-order chi connectivity index (χ0) is 18.1. The molecule has 0 saturated heterocycles. The van der Waals surface area contributed by atoms with E-state index in [1.165, 1.54) is 61.1 Å². The summed E-state index contributed by atoms with van der Waals surface area (Å²) in [5.41, 5.74) is 3.08. The van der Waals surface area contributed by atoms with Crippen LogP contribution in [0.1, 0.15) is 43.2 Å². The smallest absolute Gasteiger partial charge is 0.0238 e. The normalized spacial score (nSPS) is 31.4. The molecule has 3 aliphatic carbocycles. The highest BCUT2D eigenvalue weighted by Gasteiger charge is 2.61. The van der Waals surface area contributed by atoms with Gasteiger partial charge in [0.25, 0.3) is 0 Å². The Balaban J connectivity index is 1.74. The van der Waals surface area contributed by atoms with E-state index in [1.54, 1.807) is 0 Å². The number of rotatable bonds is 2. The largest absolute Gasteiger partial charge is 0.0527 e. The van der Waals surface area contributed by atoms with Gasteiger partial charge in [0.05, 0.1) is 0 Å². The molecule has 0 N–H and O–H groups in total. The van der Waals surface area contributed by atoms with E-state index >= 15 is 0 Å². The standard InChI is InChI=1S/C22H20Br4/c23-15-5-13(6-16(24)9-15)22(14-7-17(25)10-18(26)8-14)11-12-4-21(22)20-3-1-2-19(12)20/h5-10,12,19-21H,1-4,11H2. The van der Waals surface area contributed by atoms with Crippen molar-refractivity contribution in [2.75, 3.05) is 0 Å². The molecule has 0 aliphatic heterocycles. The molecule has 4 heteroatoms. The van der Waals surface area contributed by atoms with Crippen molar-refractivity contribution in [2.24, 2.45) is 23.7 Å². The fraction of sp³-hybridized carbons (Fsp3) is 0.455. The van der Waals surface area contributed by atoms with Crippen LogP contribution in [0, 0.1) is 23.7 Å². The Morgan fingerprint density at radius 2 is 1.19 bits per heavy atom. The quantitative estimate of drug-likeness (QED) is 0.323. The molecular formula is C22H20Br4. The minimum atomic E-state index is 0.134. The van der Waals surface area contributed by atoms with Crippen molar-refractivity contribution < 1.29 is 0 Å². The minimum Gasteiger partial charge on any atom is -0.0527 e. The summed E-state index contributed by atoms with van der Waals surface area (Å²) < 4.78 is 4.67. The van der Waals surface area contributed by atoms with E-state index in [1.807, 2.05) is 0 Å². The summed E-state index contributed by atoms with van der Waals surface area (Å²) in [6.07, 6.45) is 7.03. The second-order valence-corrected chi connectivity index (χ2v) is 12.0. The lowest BCUT2D eigenvalue weighted by atomic mass is 9.59. The van der Waals surface area contributed by atoms with E-state index in [9.17, 15) is 0 Å². The number of benzene rings is 2. The summed E-state index contributed by atoms with van der Waals surface area (Å²) in [4.78, 5) is 0. The maximum atomic E-state index is 3.75. The van der Waals surface area contributed by atoms with Gasteiger partial charge in [0.15, 0.2) is 0 Å². The highest BCUT2D eigenvalue weighted by atomic mass is 79.9. The molecule has 0 spiro atoms. The summed E-state index contributed by atoms with van der Waals surface area (Å²) in [7, 11) is 0. The highest BCUT2D eigenvalue weighted by molar-refractivity contribution is 9.11. The predicted octanol–water partition coefficient (Wildman–Crippen LogP) is 8.48. The van der Waals surface area contributed by atoms with Crippen LogP contribution in [0.5, 0.6) is 0 Å². The van der Waals surface area contributed by atoms with Crippen LogP contribution in [-0.4, -0.2) is 0 Å². The van der Waals surface area contributed by atoms with Gasteiger partial charge in [-0.1, -0.05) is 70.1 Å². The van der Waals surface area contributed by atoms with E-state index in [0.29, 0.717) is 0 Å². The van der Waals surface area contributed by atoms with Crippen molar-refractivity contribution in [3.8, 4) is 0 Å². The van der Waals surface area contributed by atoms with Gasteiger partial charge in [-0.2, -0.15) is 0 Å². The molecule has 5 rings (SSSR count). The van der Waals surface area contributed by atoms with E-state index in [-0.39, 0.29) is 5.41 Å². The van der Waals surface area contributed by atoms with Gasteiger partial charge >= 0.3 is 0 Å². The van der Waals surface area contributed by atoms with Crippen LogP contribution >= 0.6 is 63.7 Å². The average Bonchev–Trinajstić information content (AvgIpc) is 3.25. The third-order valence-electron chi connectivity index (χ3n) is 7.28. The van der Waals surface area contributed by atoms with E-state index in [4.69, 9.17) is 0 Å². The topological polar surface area (TPSA) is 0 Å². The molecule has 2 bridgehead atoms. The molecule has 0 heterocycles. The summed E-state index contributed by atoms with van der Waals surface area (Å²) in [6.45, 7) is 0. The van der Waals surface area contributed by atoms with Gasteiger partial charge in [-0.3, -0.25) is 0 Å². The molecule has 26 heavy (non-hydrogen) atoms. The van der Waals surface area contributed by atoms with E-state index in [2.05, 4.69) is 100 Å². The zero-order valence-corrected chi connectivity index (χ0v) is 20.7. The summed E-state index contributed by atoms with van der Waals surface area (Å²) in [5, 5.41) is 0. The van der Waals surface area contributed by atoms with E-state index in [0.717, 1.165) is 23.7 Å². The molecule has 3 fully saturated rings. The third kappa shape index (κ3) is 2.76. The van der Waals surface area contributed by atoms with Gasteiger partial charge in [0.2, 0.25) is 0 Å². The van der Waals surface area contributed by atoms with Crippen molar-refractivity contribution >= 4 is 63.7 Å². The van der Waals surface area contributed by atoms with Crippen LogP contribution in [-0.2, 0) is 5.41 Å². The van der Waals surface area contributed by atoms with Crippen molar-refractivity contribution in [1.29, 1.82) is 0 Å². The lowest BCUT2D eigenvalue weighted by molar-refractivity contribution is 0.181.